The highest BCUT2D eigenvalue weighted by Gasteiger charge is 2.18. The Kier molecular flexibility index (Phi) is 6.46. The van der Waals surface area contributed by atoms with E-state index in [2.05, 4.69) is 17.2 Å². The van der Waals surface area contributed by atoms with Crippen LogP contribution in [0.5, 0.6) is 0 Å². The van der Waals surface area contributed by atoms with Crippen LogP contribution < -0.4 is 5.32 Å². The number of carbonyl (C=O) groups excluding carboxylic acids is 2. The molecule has 7 heteroatoms. The normalized spacial score (nSPS) is 9.58. The first-order valence-corrected chi connectivity index (χ1v) is 7.80. The van der Waals surface area contributed by atoms with Crippen molar-refractivity contribution in [3.05, 3.63) is 75.3 Å². The minimum Gasteiger partial charge on any atom is -0.462 e. The smallest absolute Gasteiger partial charge is 0.338 e. The maximum absolute atomic E-state index is 12.2. The Morgan fingerprint density at radius 1 is 1.15 bits per heavy atom. The van der Waals surface area contributed by atoms with Gasteiger partial charge in [-0.15, -0.1) is 0 Å². The number of nitrogens with zero attached hydrogens (tertiary/aromatic N) is 1. The molecule has 0 fully saturated rings. The summed E-state index contributed by atoms with van der Waals surface area (Å²) in [5.41, 5.74) is 0.378. The molecule has 7 nitrogen and oxygen atoms in total. The average molecular weight is 352 g/mol. The standard InChI is InChI=1S/C19H16N2O5/c1-2-26-19(23)16-11-15(12-17(13-16)21(24)25)18(22)20-10-6-9-14-7-4-3-5-8-14/h3-5,7-8,11-13H,2,10H2,1H3,(H,20,22). The first kappa shape index (κ1) is 18.7. The Morgan fingerprint density at radius 2 is 1.85 bits per heavy atom. The Bertz CT molecular complexity index is 882. The molecule has 0 saturated carbocycles. The zero-order valence-corrected chi connectivity index (χ0v) is 14.0. The van der Waals surface area contributed by atoms with Crippen LogP contribution in [0.1, 0.15) is 33.2 Å². The van der Waals surface area contributed by atoms with Gasteiger partial charge >= 0.3 is 5.97 Å². The van der Waals surface area contributed by atoms with Gasteiger partial charge < -0.3 is 10.1 Å². The quantitative estimate of drug-likeness (QED) is 0.386. The molecular weight excluding hydrogens is 336 g/mol. The molecule has 2 aromatic carbocycles. The number of esters is 1. The van der Waals surface area contributed by atoms with Gasteiger partial charge in [0, 0.05) is 23.3 Å². The molecule has 0 heterocycles. The summed E-state index contributed by atoms with van der Waals surface area (Å²) in [7, 11) is 0. The minimum atomic E-state index is -0.728. The van der Waals surface area contributed by atoms with Crippen molar-refractivity contribution in [1.82, 2.24) is 5.32 Å². The van der Waals surface area contributed by atoms with Crippen LogP contribution in [0.15, 0.2) is 48.5 Å². The van der Waals surface area contributed by atoms with Gasteiger partial charge in [-0.2, -0.15) is 0 Å². The molecule has 0 aliphatic carbocycles. The molecule has 0 bridgehead atoms. The fourth-order valence-corrected chi connectivity index (χ4v) is 2.07. The topological polar surface area (TPSA) is 98.5 Å². The summed E-state index contributed by atoms with van der Waals surface area (Å²) >= 11 is 0. The molecule has 0 aromatic heterocycles. The number of benzene rings is 2. The molecule has 132 valence electrons. The van der Waals surface area contributed by atoms with E-state index in [-0.39, 0.29) is 30.0 Å². The largest absolute Gasteiger partial charge is 0.462 e. The molecule has 0 atom stereocenters. The maximum Gasteiger partial charge on any atom is 0.338 e. The van der Waals surface area contributed by atoms with Crippen molar-refractivity contribution in [2.24, 2.45) is 0 Å². The lowest BCUT2D eigenvalue weighted by atomic mass is 10.1. The van der Waals surface area contributed by atoms with E-state index in [9.17, 15) is 19.7 Å². The molecule has 0 spiro atoms. The highest BCUT2D eigenvalue weighted by molar-refractivity contribution is 5.99. The molecule has 0 radical (unpaired) electrons. The molecule has 1 amide bonds. The lowest BCUT2D eigenvalue weighted by molar-refractivity contribution is -0.384. The van der Waals surface area contributed by atoms with E-state index in [1.807, 2.05) is 30.3 Å². The number of ether oxygens (including phenoxy) is 1. The van der Waals surface area contributed by atoms with Crippen LogP contribution in [-0.2, 0) is 4.74 Å². The summed E-state index contributed by atoms with van der Waals surface area (Å²) in [6.45, 7) is 1.80. The van der Waals surface area contributed by atoms with Gasteiger partial charge in [0.2, 0.25) is 0 Å². The average Bonchev–Trinajstić information content (AvgIpc) is 2.65. The fraction of sp³-hybridized carbons (Fsp3) is 0.158. The second kappa shape index (κ2) is 8.99. The molecule has 0 aliphatic heterocycles. The highest BCUT2D eigenvalue weighted by atomic mass is 16.6. The summed E-state index contributed by atoms with van der Waals surface area (Å²) in [6.07, 6.45) is 0. The molecular formula is C19H16N2O5. The van der Waals surface area contributed by atoms with Gasteiger partial charge in [0.05, 0.1) is 23.6 Å². The highest BCUT2D eigenvalue weighted by Crippen LogP contribution is 2.18. The fourth-order valence-electron chi connectivity index (χ4n) is 2.07. The monoisotopic (exact) mass is 352 g/mol. The van der Waals surface area contributed by atoms with Gasteiger partial charge in [0.25, 0.3) is 11.6 Å². The zero-order chi connectivity index (χ0) is 18.9. The third-order valence-electron chi connectivity index (χ3n) is 3.25. The number of hydrogen-bond acceptors (Lipinski definition) is 5. The van der Waals surface area contributed by atoms with E-state index in [0.717, 1.165) is 17.7 Å². The third-order valence-corrected chi connectivity index (χ3v) is 3.25. The van der Waals surface area contributed by atoms with Crippen LogP contribution in [0, 0.1) is 22.0 Å². The van der Waals surface area contributed by atoms with E-state index in [4.69, 9.17) is 4.74 Å². The van der Waals surface area contributed by atoms with Crippen molar-refractivity contribution in [3.63, 3.8) is 0 Å². The van der Waals surface area contributed by atoms with Crippen molar-refractivity contribution in [2.45, 2.75) is 6.92 Å². The number of rotatable bonds is 5. The van der Waals surface area contributed by atoms with Crippen molar-refractivity contribution in [3.8, 4) is 11.8 Å². The first-order chi connectivity index (χ1) is 12.5. The van der Waals surface area contributed by atoms with Crippen LogP contribution >= 0.6 is 0 Å². The Labute approximate surface area is 150 Å². The minimum absolute atomic E-state index is 0.0104. The molecule has 2 aromatic rings. The number of non-ortho nitro benzene ring substituents is 1. The van der Waals surface area contributed by atoms with E-state index in [0.29, 0.717) is 0 Å². The summed E-state index contributed by atoms with van der Waals surface area (Å²) in [5.74, 6) is 4.37. The molecule has 2 rings (SSSR count). The number of nitro groups is 1. The Balaban J connectivity index is 2.13. The first-order valence-electron chi connectivity index (χ1n) is 7.80. The van der Waals surface area contributed by atoms with Gasteiger partial charge in [0.1, 0.15) is 0 Å². The zero-order valence-electron chi connectivity index (χ0n) is 14.0. The number of carbonyl (C=O) groups is 2. The van der Waals surface area contributed by atoms with Gasteiger partial charge in [-0.25, -0.2) is 4.79 Å². The maximum atomic E-state index is 12.2. The van der Waals surface area contributed by atoms with Crippen LogP contribution in [0.3, 0.4) is 0 Å². The SMILES string of the molecule is CCOC(=O)c1cc(C(=O)NCC#Cc2ccccc2)cc([N+](=O)[O-])c1. The van der Waals surface area contributed by atoms with Crippen molar-refractivity contribution >= 4 is 17.6 Å². The lowest BCUT2D eigenvalue weighted by Gasteiger charge is -2.06. The molecule has 0 aliphatic rings. The summed E-state index contributed by atoms with van der Waals surface area (Å²) < 4.78 is 4.83. The van der Waals surface area contributed by atoms with Crippen LogP contribution in [0.2, 0.25) is 0 Å². The predicted molar refractivity (Wildman–Crippen MR) is 94.7 cm³/mol. The summed E-state index contributed by atoms with van der Waals surface area (Å²) in [4.78, 5) is 34.4. The molecule has 26 heavy (non-hydrogen) atoms. The molecule has 0 unspecified atom stereocenters. The third kappa shape index (κ3) is 5.18. The molecule has 1 N–H and O–H groups in total. The number of amides is 1. The van der Waals surface area contributed by atoms with Crippen LogP contribution in [0.4, 0.5) is 5.69 Å². The lowest BCUT2D eigenvalue weighted by Crippen LogP contribution is -2.24. The Hall–Kier alpha value is -3.66. The number of hydrogen-bond donors (Lipinski definition) is 1. The number of nitrogens with one attached hydrogen (secondary N) is 1. The predicted octanol–water partition coefficient (Wildman–Crippen LogP) is 2.55. The van der Waals surface area contributed by atoms with Gasteiger partial charge in [-0.05, 0) is 25.1 Å². The van der Waals surface area contributed by atoms with E-state index in [1.165, 1.54) is 6.07 Å². The van der Waals surface area contributed by atoms with E-state index in [1.54, 1.807) is 6.92 Å². The van der Waals surface area contributed by atoms with E-state index < -0.39 is 16.8 Å². The van der Waals surface area contributed by atoms with Gasteiger partial charge in [0.15, 0.2) is 0 Å². The van der Waals surface area contributed by atoms with Crippen LogP contribution in [-0.4, -0.2) is 30.0 Å². The number of nitro benzene ring substituents is 1. The summed E-state index contributed by atoms with van der Waals surface area (Å²) in [5, 5.41) is 13.6. The van der Waals surface area contributed by atoms with Crippen molar-refractivity contribution in [1.29, 1.82) is 0 Å². The van der Waals surface area contributed by atoms with Crippen molar-refractivity contribution < 1.29 is 19.2 Å². The second-order valence-corrected chi connectivity index (χ2v) is 5.10. The Morgan fingerprint density at radius 3 is 2.50 bits per heavy atom. The van der Waals surface area contributed by atoms with E-state index >= 15 is 0 Å². The van der Waals surface area contributed by atoms with Crippen LogP contribution in [0.25, 0.3) is 0 Å². The van der Waals surface area contributed by atoms with Gasteiger partial charge in [-0.1, -0.05) is 30.0 Å². The van der Waals surface area contributed by atoms with Crippen molar-refractivity contribution in [2.75, 3.05) is 13.2 Å². The second-order valence-electron chi connectivity index (χ2n) is 5.10. The van der Waals surface area contributed by atoms with Gasteiger partial charge in [-0.3, -0.25) is 14.9 Å². The molecule has 0 saturated heterocycles. The summed E-state index contributed by atoms with van der Waals surface area (Å²) in [6, 6.07) is 12.7.